The number of para-hydroxylation sites is 1. The lowest BCUT2D eigenvalue weighted by atomic mass is 9.85. The highest BCUT2D eigenvalue weighted by Crippen LogP contribution is 2.36. The third-order valence-corrected chi connectivity index (χ3v) is 8.07. The number of hydrogen-bond donors (Lipinski definition) is 2. The van der Waals surface area contributed by atoms with Crippen LogP contribution in [0.3, 0.4) is 0 Å². The van der Waals surface area contributed by atoms with Crippen LogP contribution in [0.25, 0.3) is 11.0 Å². The molecule has 2 N–H and O–H groups in total. The van der Waals surface area contributed by atoms with Crippen LogP contribution in [0.5, 0.6) is 5.75 Å². The first-order valence-corrected chi connectivity index (χ1v) is 13.0. The van der Waals surface area contributed by atoms with E-state index >= 15 is 0 Å². The minimum atomic E-state index is -0.0578. The van der Waals surface area contributed by atoms with Crippen molar-refractivity contribution in [1.29, 1.82) is 0 Å². The molecule has 1 saturated heterocycles. The molecule has 3 aromatic rings. The standard InChI is InChI=1S/C28H37N5O3/c1-18-8-11-20(16-25(18)36-4)29-27(34)19-9-12-21(13-10-19)33-24-7-5-6-23(26(24)30-28(33)35)32-15-14-22(17-32)31(2)3/h5-8,11,16,19,21-22H,9-10,12-15,17H2,1-4H3,(H,29,34)(H,30,35)/t19?,21?,22-/m1/s1. The van der Waals surface area contributed by atoms with E-state index in [9.17, 15) is 9.59 Å². The maximum atomic E-state index is 13.1. The van der Waals surface area contributed by atoms with Crippen LogP contribution in [-0.4, -0.2) is 60.7 Å². The molecule has 8 heteroatoms. The quantitative estimate of drug-likeness (QED) is 0.541. The number of H-pyrrole nitrogens is 1. The van der Waals surface area contributed by atoms with E-state index in [1.54, 1.807) is 7.11 Å². The number of imidazole rings is 1. The molecule has 0 unspecified atom stereocenters. The Morgan fingerprint density at radius 3 is 2.58 bits per heavy atom. The van der Waals surface area contributed by atoms with Crippen molar-refractivity contribution in [2.24, 2.45) is 5.92 Å². The SMILES string of the molecule is COc1cc(NC(=O)C2CCC(n3c(=O)[nH]c4c(N5CC[C@@H](N(C)C)C5)cccc43)CC2)ccc1C. The van der Waals surface area contributed by atoms with E-state index in [2.05, 4.69) is 46.3 Å². The number of aryl methyl sites for hydroxylation is 1. The first-order valence-electron chi connectivity index (χ1n) is 13.0. The lowest BCUT2D eigenvalue weighted by Gasteiger charge is -2.29. The van der Waals surface area contributed by atoms with Crippen molar-refractivity contribution in [2.75, 3.05) is 44.5 Å². The smallest absolute Gasteiger partial charge is 0.326 e. The van der Waals surface area contributed by atoms with Crippen LogP contribution in [0.2, 0.25) is 0 Å². The molecule has 8 nitrogen and oxygen atoms in total. The largest absolute Gasteiger partial charge is 0.496 e. The first-order chi connectivity index (χ1) is 17.4. The summed E-state index contributed by atoms with van der Waals surface area (Å²) in [5, 5.41) is 3.05. The number of aromatic amines is 1. The van der Waals surface area contributed by atoms with E-state index in [1.807, 2.05) is 35.8 Å². The number of fused-ring (bicyclic) bond motifs is 1. The molecule has 1 aromatic heterocycles. The van der Waals surface area contributed by atoms with Crippen molar-refractivity contribution >= 4 is 28.3 Å². The van der Waals surface area contributed by atoms with Gasteiger partial charge in [-0.25, -0.2) is 4.79 Å². The Bertz CT molecular complexity index is 1300. The topological polar surface area (TPSA) is 82.6 Å². The van der Waals surface area contributed by atoms with Crippen molar-refractivity contribution in [1.82, 2.24) is 14.5 Å². The number of anilines is 2. The summed E-state index contributed by atoms with van der Waals surface area (Å²) in [6.07, 6.45) is 4.25. The number of methoxy groups -OCH3 is 1. The van der Waals surface area contributed by atoms with Gasteiger partial charge in [0.1, 0.15) is 5.75 Å². The summed E-state index contributed by atoms with van der Waals surface area (Å²) in [7, 11) is 5.89. The molecule has 1 aliphatic carbocycles. The molecular formula is C28H37N5O3. The Kier molecular flexibility index (Phi) is 6.79. The van der Waals surface area contributed by atoms with Gasteiger partial charge in [0.2, 0.25) is 5.91 Å². The van der Waals surface area contributed by atoms with E-state index < -0.39 is 0 Å². The van der Waals surface area contributed by atoms with Gasteiger partial charge in [-0.05, 0) is 76.9 Å². The number of hydrogen-bond acceptors (Lipinski definition) is 5. The van der Waals surface area contributed by atoms with Gasteiger partial charge in [-0.15, -0.1) is 0 Å². The third-order valence-electron chi connectivity index (χ3n) is 8.07. The lowest BCUT2D eigenvalue weighted by molar-refractivity contribution is -0.121. The number of ether oxygens (including phenoxy) is 1. The fourth-order valence-corrected chi connectivity index (χ4v) is 5.88. The van der Waals surface area contributed by atoms with Gasteiger partial charge in [0.05, 0.1) is 23.8 Å². The molecule has 2 heterocycles. The average Bonchev–Trinajstić information content (AvgIpc) is 3.49. The van der Waals surface area contributed by atoms with Crippen LogP contribution >= 0.6 is 0 Å². The number of carbonyl (C=O) groups excluding carboxylic acids is 1. The third kappa shape index (κ3) is 4.62. The number of carbonyl (C=O) groups is 1. The number of nitrogens with zero attached hydrogens (tertiary/aromatic N) is 3. The van der Waals surface area contributed by atoms with Crippen molar-refractivity contribution in [3.63, 3.8) is 0 Å². The maximum Gasteiger partial charge on any atom is 0.326 e. The predicted octanol–water partition coefficient (Wildman–Crippen LogP) is 4.16. The molecule has 0 spiro atoms. The highest BCUT2D eigenvalue weighted by Gasteiger charge is 2.30. The van der Waals surface area contributed by atoms with Gasteiger partial charge in [0, 0.05) is 42.8 Å². The Hall–Kier alpha value is -3.26. The molecule has 2 fully saturated rings. The van der Waals surface area contributed by atoms with E-state index in [0.717, 1.165) is 78.9 Å². The van der Waals surface area contributed by atoms with E-state index in [4.69, 9.17) is 4.74 Å². The number of likely N-dealkylation sites (N-methyl/N-ethyl adjacent to an activating group) is 1. The second-order valence-corrected chi connectivity index (χ2v) is 10.5. The molecule has 0 radical (unpaired) electrons. The normalized spacial score (nSPS) is 22.4. The zero-order valence-corrected chi connectivity index (χ0v) is 21.7. The second kappa shape index (κ2) is 10.0. The number of rotatable bonds is 6. The van der Waals surface area contributed by atoms with Crippen LogP contribution in [-0.2, 0) is 4.79 Å². The zero-order chi connectivity index (χ0) is 25.4. The zero-order valence-electron chi connectivity index (χ0n) is 21.7. The molecule has 36 heavy (non-hydrogen) atoms. The molecular weight excluding hydrogens is 454 g/mol. The van der Waals surface area contributed by atoms with E-state index in [1.165, 1.54) is 0 Å². The van der Waals surface area contributed by atoms with E-state index in [-0.39, 0.29) is 23.6 Å². The first kappa shape index (κ1) is 24.4. The summed E-state index contributed by atoms with van der Waals surface area (Å²) in [5.74, 6) is 0.746. The fourth-order valence-electron chi connectivity index (χ4n) is 5.88. The lowest BCUT2D eigenvalue weighted by Crippen LogP contribution is -2.31. The van der Waals surface area contributed by atoms with Crippen LogP contribution in [0.4, 0.5) is 11.4 Å². The summed E-state index contributed by atoms with van der Waals surface area (Å²) in [6.45, 7) is 3.93. The Morgan fingerprint density at radius 1 is 1.11 bits per heavy atom. The maximum absolute atomic E-state index is 13.1. The highest BCUT2D eigenvalue weighted by atomic mass is 16.5. The van der Waals surface area contributed by atoms with Crippen molar-refractivity contribution < 1.29 is 9.53 Å². The molecule has 1 atom stereocenters. The van der Waals surface area contributed by atoms with Gasteiger partial charge in [-0.2, -0.15) is 0 Å². The Balaban J connectivity index is 1.29. The molecule has 192 valence electrons. The number of aromatic nitrogens is 2. The minimum Gasteiger partial charge on any atom is -0.496 e. The van der Waals surface area contributed by atoms with Gasteiger partial charge in [-0.1, -0.05) is 12.1 Å². The van der Waals surface area contributed by atoms with Crippen LogP contribution in [0.1, 0.15) is 43.7 Å². The average molecular weight is 492 g/mol. The summed E-state index contributed by atoms with van der Waals surface area (Å²) in [5.41, 5.74) is 4.73. The molecule has 2 aliphatic rings. The van der Waals surface area contributed by atoms with Gasteiger partial charge in [0.25, 0.3) is 0 Å². The summed E-state index contributed by atoms with van der Waals surface area (Å²) in [4.78, 5) is 33.9. The fraction of sp³-hybridized carbons (Fsp3) is 0.500. The molecule has 1 amide bonds. The highest BCUT2D eigenvalue weighted by molar-refractivity contribution is 5.93. The number of benzene rings is 2. The number of nitrogens with one attached hydrogen (secondary N) is 2. The van der Waals surface area contributed by atoms with Gasteiger partial charge >= 0.3 is 5.69 Å². The van der Waals surface area contributed by atoms with Gasteiger partial charge in [0.15, 0.2) is 0 Å². The Labute approximate surface area is 212 Å². The Morgan fingerprint density at radius 2 is 1.89 bits per heavy atom. The minimum absolute atomic E-state index is 0.0393. The van der Waals surface area contributed by atoms with E-state index in [0.29, 0.717) is 6.04 Å². The molecule has 2 aromatic carbocycles. The molecule has 1 saturated carbocycles. The van der Waals surface area contributed by atoms with Crippen molar-refractivity contribution in [3.05, 3.63) is 52.4 Å². The van der Waals surface area contributed by atoms with Crippen molar-refractivity contribution in [3.8, 4) is 5.75 Å². The monoisotopic (exact) mass is 491 g/mol. The molecule has 0 bridgehead atoms. The van der Waals surface area contributed by atoms with Crippen LogP contribution < -0.4 is 20.6 Å². The number of amides is 1. The van der Waals surface area contributed by atoms with Gasteiger partial charge in [-0.3, -0.25) is 9.36 Å². The van der Waals surface area contributed by atoms with Crippen LogP contribution in [0, 0.1) is 12.8 Å². The van der Waals surface area contributed by atoms with Crippen molar-refractivity contribution in [2.45, 2.75) is 51.1 Å². The summed E-state index contributed by atoms with van der Waals surface area (Å²) >= 11 is 0. The molecule has 1 aliphatic heterocycles. The van der Waals surface area contributed by atoms with Crippen LogP contribution in [0.15, 0.2) is 41.2 Å². The van der Waals surface area contributed by atoms with Gasteiger partial charge < -0.3 is 24.8 Å². The summed E-state index contributed by atoms with van der Waals surface area (Å²) < 4.78 is 7.31. The summed E-state index contributed by atoms with van der Waals surface area (Å²) in [6, 6.07) is 12.6. The predicted molar refractivity (Wildman–Crippen MR) is 144 cm³/mol. The second-order valence-electron chi connectivity index (χ2n) is 10.5. The molecule has 5 rings (SSSR count).